The Morgan fingerprint density at radius 1 is 1.17 bits per heavy atom. The molecule has 1 amide bonds. The predicted molar refractivity (Wildman–Crippen MR) is 94.9 cm³/mol. The van der Waals surface area contributed by atoms with Crippen molar-refractivity contribution in [3.63, 3.8) is 0 Å². The fraction of sp³-hybridized carbons (Fsp3) is 0.353. The first-order chi connectivity index (χ1) is 11.5. The number of nitrogens with one attached hydrogen (secondary N) is 1. The highest BCUT2D eigenvalue weighted by Crippen LogP contribution is 2.22. The molecule has 1 N–H and O–H groups in total. The summed E-state index contributed by atoms with van der Waals surface area (Å²) < 4.78 is 0. The number of anilines is 2. The summed E-state index contributed by atoms with van der Waals surface area (Å²) in [5.74, 6) is 0.536. The lowest BCUT2D eigenvalue weighted by molar-refractivity contribution is 0.0658. The molecule has 0 aliphatic carbocycles. The number of hydrogen-bond acceptors (Lipinski definition) is 5. The number of hydrogen-bond donors (Lipinski definition) is 1. The van der Waals surface area contributed by atoms with Gasteiger partial charge in [-0.25, -0.2) is 9.97 Å². The Morgan fingerprint density at radius 2 is 1.92 bits per heavy atom. The van der Waals surface area contributed by atoms with Gasteiger partial charge in [-0.2, -0.15) is 0 Å². The average molecular weight is 346 g/mol. The maximum Gasteiger partial charge on any atom is 0.272 e. The number of piperazine rings is 1. The minimum atomic E-state index is -0.0543. The van der Waals surface area contributed by atoms with Crippen LogP contribution >= 0.6 is 11.6 Å². The zero-order valence-corrected chi connectivity index (χ0v) is 14.5. The zero-order chi connectivity index (χ0) is 17.1. The molecule has 0 saturated carbocycles. The van der Waals surface area contributed by atoms with Gasteiger partial charge in [0.2, 0.25) is 0 Å². The van der Waals surface area contributed by atoms with Crippen LogP contribution in [0.5, 0.6) is 0 Å². The lowest BCUT2D eigenvalue weighted by Crippen LogP contribution is -2.47. The summed E-state index contributed by atoms with van der Waals surface area (Å²) >= 11 is 5.98. The fourth-order valence-corrected chi connectivity index (χ4v) is 2.85. The van der Waals surface area contributed by atoms with Gasteiger partial charge in [0.25, 0.3) is 5.91 Å². The number of amides is 1. The molecule has 2 aromatic rings. The SMILES string of the molecule is Cc1cc(Cl)ccc1Nc1cc(C(=O)N2CCN(C)CC2)ncn1. The molecule has 3 rings (SSSR count). The van der Waals surface area contributed by atoms with Crippen LogP contribution in [0, 0.1) is 6.92 Å². The molecule has 0 radical (unpaired) electrons. The maximum absolute atomic E-state index is 12.6. The normalized spacial score (nSPS) is 15.4. The first-order valence-electron chi connectivity index (χ1n) is 7.86. The van der Waals surface area contributed by atoms with E-state index in [0.29, 0.717) is 16.5 Å². The van der Waals surface area contributed by atoms with Gasteiger partial charge in [-0.3, -0.25) is 4.79 Å². The second-order valence-corrected chi connectivity index (χ2v) is 6.40. The van der Waals surface area contributed by atoms with Gasteiger partial charge < -0.3 is 15.1 Å². The number of carbonyl (C=O) groups excluding carboxylic acids is 1. The largest absolute Gasteiger partial charge is 0.340 e. The van der Waals surface area contributed by atoms with E-state index in [9.17, 15) is 4.79 Å². The van der Waals surface area contributed by atoms with Crippen LogP contribution < -0.4 is 5.32 Å². The molecule has 0 spiro atoms. The number of halogens is 1. The summed E-state index contributed by atoms with van der Waals surface area (Å²) in [4.78, 5) is 25.0. The minimum Gasteiger partial charge on any atom is -0.340 e. The van der Waals surface area contributed by atoms with Crippen LogP contribution in [0.2, 0.25) is 5.02 Å². The molecule has 0 bridgehead atoms. The number of nitrogens with zero attached hydrogens (tertiary/aromatic N) is 4. The molecule has 1 aromatic carbocycles. The molecular weight excluding hydrogens is 326 g/mol. The summed E-state index contributed by atoms with van der Waals surface area (Å²) in [6, 6.07) is 7.27. The summed E-state index contributed by atoms with van der Waals surface area (Å²) in [7, 11) is 2.06. The van der Waals surface area contributed by atoms with Crippen molar-refractivity contribution in [1.82, 2.24) is 19.8 Å². The van der Waals surface area contributed by atoms with Gasteiger partial charge in [-0.15, -0.1) is 0 Å². The fourth-order valence-electron chi connectivity index (χ4n) is 2.62. The van der Waals surface area contributed by atoms with E-state index in [1.165, 1.54) is 6.33 Å². The molecule has 1 saturated heterocycles. The number of benzene rings is 1. The van der Waals surface area contributed by atoms with Gasteiger partial charge in [-0.1, -0.05) is 11.6 Å². The van der Waals surface area contributed by atoms with E-state index in [1.807, 2.05) is 30.0 Å². The Hall–Kier alpha value is -2.18. The topological polar surface area (TPSA) is 61.4 Å². The minimum absolute atomic E-state index is 0.0543. The van der Waals surface area contributed by atoms with Gasteiger partial charge in [0, 0.05) is 43.0 Å². The van der Waals surface area contributed by atoms with Gasteiger partial charge in [0.1, 0.15) is 17.8 Å². The van der Waals surface area contributed by atoms with E-state index in [0.717, 1.165) is 37.4 Å². The molecule has 1 aliphatic rings. The van der Waals surface area contributed by atoms with Crippen molar-refractivity contribution in [2.45, 2.75) is 6.92 Å². The summed E-state index contributed by atoms with van der Waals surface area (Å²) in [6.07, 6.45) is 1.41. The Balaban J connectivity index is 1.75. The van der Waals surface area contributed by atoms with Gasteiger partial charge in [0.05, 0.1) is 0 Å². The van der Waals surface area contributed by atoms with Crippen molar-refractivity contribution in [2.24, 2.45) is 0 Å². The lowest BCUT2D eigenvalue weighted by atomic mass is 10.2. The molecule has 126 valence electrons. The van der Waals surface area contributed by atoms with Gasteiger partial charge in [-0.05, 0) is 37.7 Å². The van der Waals surface area contributed by atoms with E-state index in [2.05, 4.69) is 27.2 Å². The summed E-state index contributed by atoms with van der Waals surface area (Å²) in [6.45, 7) is 5.17. The number of rotatable bonds is 3. The van der Waals surface area contributed by atoms with Crippen LogP contribution in [0.3, 0.4) is 0 Å². The van der Waals surface area contributed by atoms with Crippen molar-refractivity contribution in [1.29, 1.82) is 0 Å². The van der Waals surface area contributed by atoms with Crippen molar-refractivity contribution in [2.75, 3.05) is 38.5 Å². The smallest absolute Gasteiger partial charge is 0.272 e. The van der Waals surface area contributed by atoms with E-state index < -0.39 is 0 Å². The number of aryl methyl sites for hydroxylation is 1. The molecular formula is C17H20ClN5O. The first kappa shape index (κ1) is 16.7. The van der Waals surface area contributed by atoms with Crippen molar-refractivity contribution in [3.05, 3.63) is 46.9 Å². The highest BCUT2D eigenvalue weighted by atomic mass is 35.5. The molecule has 7 heteroatoms. The summed E-state index contributed by atoms with van der Waals surface area (Å²) in [5.41, 5.74) is 2.31. The number of aromatic nitrogens is 2. The monoisotopic (exact) mass is 345 g/mol. The third-order valence-corrected chi connectivity index (χ3v) is 4.36. The van der Waals surface area contributed by atoms with Crippen LogP contribution in [0.1, 0.15) is 16.1 Å². The van der Waals surface area contributed by atoms with Crippen LogP contribution in [-0.4, -0.2) is 58.9 Å². The van der Waals surface area contributed by atoms with Crippen molar-refractivity contribution in [3.8, 4) is 0 Å². The van der Waals surface area contributed by atoms with Crippen LogP contribution in [-0.2, 0) is 0 Å². The Bertz CT molecular complexity index is 744. The molecule has 0 unspecified atom stereocenters. The van der Waals surface area contributed by atoms with Crippen LogP contribution in [0.4, 0.5) is 11.5 Å². The first-order valence-corrected chi connectivity index (χ1v) is 8.24. The van der Waals surface area contributed by atoms with E-state index in [4.69, 9.17) is 11.6 Å². The molecule has 1 fully saturated rings. The average Bonchev–Trinajstić information content (AvgIpc) is 2.58. The third kappa shape index (κ3) is 3.83. The molecule has 1 aliphatic heterocycles. The Labute approximate surface area is 146 Å². The Kier molecular flexibility index (Phi) is 4.97. The van der Waals surface area contributed by atoms with E-state index >= 15 is 0 Å². The molecule has 6 nitrogen and oxygen atoms in total. The van der Waals surface area contributed by atoms with E-state index in [-0.39, 0.29) is 5.91 Å². The second kappa shape index (κ2) is 7.15. The Morgan fingerprint density at radius 3 is 2.62 bits per heavy atom. The van der Waals surface area contributed by atoms with E-state index in [1.54, 1.807) is 6.07 Å². The van der Waals surface area contributed by atoms with Crippen molar-refractivity contribution < 1.29 is 4.79 Å². The van der Waals surface area contributed by atoms with Crippen LogP contribution in [0.25, 0.3) is 0 Å². The highest BCUT2D eigenvalue weighted by Gasteiger charge is 2.21. The van der Waals surface area contributed by atoms with Crippen LogP contribution in [0.15, 0.2) is 30.6 Å². The predicted octanol–water partition coefficient (Wildman–Crippen LogP) is 2.57. The van der Waals surface area contributed by atoms with Gasteiger partial charge >= 0.3 is 0 Å². The third-order valence-electron chi connectivity index (χ3n) is 4.13. The quantitative estimate of drug-likeness (QED) is 0.926. The summed E-state index contributed by atoms with van der Waals surface area (Å²) in [5, 5.41) is 3.90. The molecule has 2 heterocycles. The highest BCUT2D eigenvalue weighted by molar-refractivity contribution is 6.30. The molecule has 0 atom stereocenters. The second-order valence-electron chi connectivity index (χ2n) is 5.97. The molecule has 24 heavy (non-hydrogen) atoms. The number of carbonyl (C=O) groups is 1. The zero-order valence-electron chi connectivity index (χ0n) is 13.8. The molecule has 1 aromatic heterocycles. The van der Waals surface area contributed by atoms with Crippen molar-refractivity contribution >= 4 is 29.0 Å². The standard InChI is InChI=1S/C17H20ClN5O/c1-12-9-13(18)3-4-14(12)21-16-10-15(19-11-20-16)17(24)23-7-5-22(2)6-8-23/h3-4,9-11H,5-8H2,1-2H3,(H,19,20,21). The van der Waals surface area contributed by atoms with Gasteiger partial charge in [0.15, 0.2) is 0 Å². The lowest BCUT2D eigenvalue weighted by Gasteiger charge is -2.32. The number of likely N-dealkylation sites (N-methyl/N-ethyl adjacent to an activating group) is 1. The maximum atomic E-state index is 12.6.